The number of carbonyl (C=O) groups is 2. The van der Waals surface area contributed by atoms with Gasteiger partial charge in [-0.05, 0) is 43.7 Å². The Morgan fingerprint density at radius 1 is 1.00 bits per heavy atom. The fourth-order valence-corrected chi connectivity index (χ4v) is 2.68. The van der Waals surface area contributed by atoms with Crippen molar-refractivity contribution in [3.8, 4) is 5.75 Å². The van der Waals surface area contributed by atoms with Gasteiger partial charge in [-0.15, -0.1) is 0 Å². The van der Waals surface area contributed by atoms with Crippen LogP contribution < -0.4 is 10.1 Å². The topological polar surface area (TPSA) is 64.6 Å². The number of aryl methyl sites for hydroxylation is 2. The van der Waals surface area contributed by atoms with Crippen LogP contribution >= 0.6 is 0 Å². The van der Waals surface area contributed by atoms with E-state index in [9.17, 15) is 9.59 Å². The summed E-state index contributed by atoms with van der Waals surface area (Å²) in [6, 6.07) is 12.2. The lowest BCUT2D eigenvalue weighted by atomic mass is 10.0. The van der Waals surface area contributed by atoms with E-state index in [1.165, 1.54) is 7.11 Å². The van der Waals surface area contributed by atoms with E-state index in [-0.39, 0.29) is 5.91 Å². The lowest BCUT2D eigenvalue weighted by Crippen LogP contribution is -2.43. The zero-order valence-corrected chi connectivity index (χ0v) is 15.0. The fourth-order valence-electron chi connectivity index (χ4n) is 2.68. The van der Waals surface area contributed by atoms with Gasteiger partial charge in [-0.3, -0.25) is 4.79 Å². The van der Waals surface area contributed by atoms with Crippen LogP contribution in [0.15, 0.2) is 42.5 Å². The third-order valence-electron chi connectivity index (χ3n) is 3.87. The largest absolute Gasteiger partial charge is 0.497 e. The SMILES string of the molecule is COC(=O)[C@@H](Cc1ccc(OC)cc1)NC(=O)c1cc(C)cc(C)c1. The molecule has 0 saturated carbocycles. The fraction of sp³-hybridized carbons (Fsp3) is 0.300. The molecule has 0 radical (unpaired) electrons. The molecule has 25 heavy (non-hydrogen) atoms. The number of ether oxygens (including phenoxy) is 2. The van der Waals surface area contributed by atoms with Crippen LogP contribution in [-0.2, 0) is 16.0 Å². The minimum Gasteiger partial charge on any atom is -0.497 e. The van der Waals surface area contributed by atoms with E-state index < -0.39 is 12.0 Å². The number of carbonyl (C=O) groups excluding carboxylic acids is 2. The highest BCUT2D eigenvalue weighted by molar-refractivity contribution is 5.97. The molecule has 5 nitrogen and oxygen atoms in total. The maximum atomic E-state index is 12.5. The molecule has 0 fully saturated rings. The minimum absolute atomic E-state index is 0.296. The molecule has 1 N–H and O–H groups in total. The van der Waals surface area contributed by atoms with Crippen LogP contribution in [-0.4, -0.2) is 32.1 Å². The van der Waals surface area contributed by atoms with Crippen molar-refractivity contribution in [3.05, 3.63) is 64.7 Å². The molecule has 2 aromatic carbocycles. The van der Waals surface area contributed by atoms with E-state index in [1.54, 1.807) is 19.2 Å². The summed E-state index contributed by atoms with van der Waals surface area (Å²) >= 11 is 0. The molecule has 132 valence electrons. The van der Waals surface area contributed by atoms with Crippen LogP contribution in [0.5, 0.6) is 5.75 Å². The van der Waals surface area contributed by atoms with Crippen LogP contribution in [0.3, 0.4) is 0 Å². The Kier molecular flexibility index (Phi) is 6.17. The van der Waals surface area contributed by atoms with E-state index in [1.807, 2.05) is 44.2 Å². The van der Waals surface area contributed by atoms with E-state index in [0.717, 1.165) is 22.4 Å². The first-order chi connectivity index (χ1) is 11.9. The van der Waals surface area contributed by atoms with Crippen molar-refractivity contribution in [2.45, 2.75) is 26.3 Å². The Bertz CT molecular complexity index is 733. The maximum absolute atomic E-state index is 12.5. The van der Waals surface area contributed by atoms with Crippen LogP contribution in [0.25, 0.3) is 0 Å². The summed E-state index contributed by atoms with van der Waals surface area (Å²) in [4.78, 5) is 24.6. The van der Waals surface area contributed by atoms with Crippen molar-refractivity contribution in [3.63, 3.8) is 0 Å². The summed E-state index contributed by atoms with van der Waals surface area (Å²) in [5.74, 6) is -0.0399. The third kappa shape index (κ3) is 5.08. The van der Waals surface area contributed by atoms with Crippen LogP contribution in [0.4, 0.5) is 0 Å². The average Bonchev–Trinajstić information content (AvgIpc) is 2.60. The first-order valence-corrected chi connectivity index (χ1v) is 8.03. The normalized spacial score (nSPS) is 11.5. The summed E-state index contributed by atoms with van der Waals surface area (Å²) in [5, 5.41) is 2.77. The van der Waals surface area contributed by atoms with Crippen molar-refractivity contribution < 1.29 is 19.1 Å². The summed E-state index contributed by atoms with van der Waals surface area (Å²) in [7, 11) is 2.91. The predicted octanol–water partition coefficient (Wildman–Crippen LogP) is 2.83. The molecule has 0 unspecified atom stereocenters. The molecule has 0 aliphatic rings. The van der Waals surface area contributed by atoms with Gasteiger partial charge in [0.05, 0.1) is 14.2 Å². The Morgan fingerprint density at radius 2 is 1.60 bits per heavy atom. The third-order valence-corrected chi connectivity index (χ3v) is 3.87. The molecule has 0 aromatic heterocycles. The minimum atomic E-state index is -0.758. The second-order valence-corrected chi connectivity index (χ2v) is 5.98. The molecule has 2 aromatic rings. The lowest BCUT2D eigenvalue weighted by molar-refractivity contribution is -0.142. The van der Waals surface area contributed by atoms with E-state index in [0.29, 0.717) is 12.0 Å². The van der Waals surface area contributed by atoms with Gasteiger partial charge in [0.25, 0.3) is 5.91 Å². The number of hydrogen-bond donors (Lipinski definition) is 1. The number of benzene rings is 2. The van der Waals surface area contributed by atoms with Crippen LogP contribution in [0, 0.1) is 13.8 Å². The molecule has 1 atom stereocenters. The predicted molar refractivity (Wildman–Crippen MR) is 95.9 cm³/mol. The molecular formula is C20H23NO4. The zero-order chi connectivity index (χ0) is 18.4. The van der Waals surface area contributed by atoms with Crippen molar-refractivity contribution in [1.82, 2.24) is 5.32 Å². The quantitative estimate of drug-likeness (QED) is 0.821. The first-order valence-electron chi connectivity index (χ1n) is 8.03. The molecular weight excluding hydrogens is 318 g/mol. The lowest BCUT2D eigenvalue weighted by Gasteiger charge is -2.17. The molecule has 0 bridgehead atoms. The zero-order valence-electron chi connectivity index (χ0n) is 15.0. The van der Waals surface area contributed by atoms with Gasteiger partial charge in [-0.1, -0.05) is 29.3 Å². The average molecular weight is 341 g/mol. The number of rotatable bonds is 6. The molecule has 0 saturated heterocycles. The number of hydrogen-bond acceptors (Lipinski definition) is 4. The van der Waals surface area contributed by atoms with Crippen molar-refractivity contribution >= 4 is 11.9 Å². The van der Waals surface area contributed by atoms with E-state index >= 15 is 0 Å². The Balaban J connectivity index is 2.16. The maximum Gasteiger partial charge on any atom is 0.328 e. The van der Waals surface area contributed by atoms with E-state index in [4.69, 9.17) is 9.47 Å². The van der Waals surface area contributed by atoms with Crippen LogP contribution in [0.1, 0.15) is 27.0 Å². The van der Waals surface area contributed by atoms with Gasteiger partial charge < -0.3 is 14.8 Å². The standard InChI is InChI=1S/C20H23NO4/c1-13-9-14(2)11-16(10-13)19(22)21-18(20(23)25-4)12-15-5-7-17(24-3)8-6-15/h5-11,18H,12H2,1-4H3,(H,21,22)/t18-/m1/s1. The second kappa shape index (κ2) is 8.33. The highest BCUT2D eigenvalue weighted by Gasteiger charge is 2.22. The van der Waals surface area contributed by atoms with Crippen LogP contribution in [0.2, 0.25) is 0 Å². The summed E-state index contributed by atoms with van der Waals surface area (Å²) in [5.41, 5.74) is 3.42. The molecule has 0 spiro atoms. The molecule has 2 rings (SSSR count). The number of amides is 1. The van der Waals surface area contributed by atoms with Gasteiger partial charge in [0.15, 0.2) is 0 Å². The summed E-state index contributed by atoms with van der Waals surface area (Å²) < 4.78 is 9.96. The first kappa shape index (κ1) is 18.5. The summed E-state index contributed by atoms with van der Waals surface area (Å²) in [6.07, 6.45) is 0.340. The highest BCUT2D eigenvalue weighted by Crippen LogP contribution is 2.14. The summed E-state index contributed by atoms with van der Waals surface area (Å²) in [6.45, 7) is 3.86. The number of esters is 1. The Labute approximate surface area is 148 Å². The monoisotopic (exact) mass is 341 g/mol. The second-order valence-electron chi connectivity index (χ2n) is 5.98. The number of nitrogens with one attached hydrogen (secondary N) is 1. The smallest absolute Gasteiger partial charge is 0.328 e. The van der Waals surface area contributed by atoms with Gasteiger partial charge in [0, 0.05) is 12.0 Å². The van der Waals surface area contributed by atoms with Gasteiger partial charge in [-0.2, -0.15) is 0 Å². The van der Waals surface area contributed by atoms with Gasteiger partial charge in [0.2, 0.25) is 0 Å². The van der Waals surface area contributed by atoms with Crippen molar-refractivity contribution in [1.29, 1.82) is 0 Å². The van der Waals surface area contributed by atoms with Gasteiger partial charge in [0.1, 0.15) is 11.8 Å². The highest BCUT2D eigenvalue weighted by atomic mass is 16.5. The molecule has 5 heteroatoms. The number of methoxy groups -OCH3 is 2. The Hall–Kier alpha value is -2.82. The molecule has 0 aliphatic carbocycles. The molecule has 0 heterocycles. The van der Waals surface area contributed by atoms with Gasteiger partial charge in [-0.25, -0.2) is 4.79 Å². The molecule has 0 aliphatic heterocycles. The Morgan fingerprint density at radius 3 is 2.12 bits per heavy atom. The van der Waals surface area contributed by atoms with E-state index in [2.05, 4.69) is 5.32 Å². The van der Waals surface area contributed by atoms with Crippen molar-refractivity contribution in [2.24, 2.45) is 0 Å². The molecule has 1 amide bonds. The van der Waals surface area contributed by atoms with Gasteiger partial charge >= 0.3 is 5.97 Å². The van der Waals surface area contributed by atoms with Crippen molar-refractivity contribution in [2.75, 3.05) is 14.2 Å².